The lowest BCUT2D eigenvalue weighted by Crippen LogP contribution is -2.39. The van der Waals surface area contributed by atoms with E-state index in [1.807, 2.05) is 0 Å². The number of hydrogen-bond acceptors (Lipinski definition) is 4. The first-order chi connectivity index (χ1) is 9.28. The summed E-state index contributed by atoms with van der Waals surface area (Å²) in [5.74, 6) is -0.554. The molecule has 0 aliphatic rings. The quantitative estimate of drug-likeness (QED) is 0.359. The third-order valence-corrected chi connectivity index (χ3v) is 4.80. The van der Waals surface area contributed by atoms with E-state index in [2.05, 4.69) is 5.16 Å². The lowest BCUT2D eigenvalue weighted by atomic mass is 10.3. The Morgan fingerprint density at radius 2 is 1.95 bits per heavy atom. The molecule has 0 bridgehead atoms. The van der Waals surface area contributed by atoms with E-state index < -0.39 is 15.8 Å². The van der Waals surface area contributed by atoms with Gasteiger partial charge in [-0.15, -0.1) is 0 Å². The van der Waals surface area contributed by atoms with Crippen LogP contribution < -0.4 is 5.73 Å². The SMILES string of the molecule is CC(C)N(CCC(N)=NO)S(=O)(=O)c1ccc(F)cc1. The summed E-state index contributed by atoms with van der Waals surface area (Å²) in [6.07, 6.45) is 0.106. The fourth-order valence-electron chi connectivity index (χ4n) is 1.67. The van der Waals surface area contributed by atoms with Crippen LogP contribution in [0.2, 0.25) is 0 Å². The molecule has 0 atom stereocenters. The van der Waals surface area contributed by atoms with Crippen molar-refractivity contribution in [3.05, 3.63) is 30.1 Å². The third kappa shape index (κ3) is 3.91. The first-order valence-electron chi connectivity index (χ1n) is 6.03. The van der Waals surface area contributed by atoms with Gasteiger partial charge in [-0.25, -0.2) is 12.8 Å². The number of benzene rings is 1. The summed E-state index contributed by atoms with van der Waals surface area (Å²) in [5.41, 5.74) is 5.35. The molecule has 0 aromatic heterocycles. The van der Waals surface area contributed by atoms with Crippen LogP contribution >= 0.6 is 0 Å². The molecule has 0 aliphatic carbocycles. The molecular weight excluding hydrogens is 285 g/mol. The zero-order chi connectivity index (χ0) is 15.3. The van der Waals surface area contributed by atoms with E-state index in [-0.39, 0.29) is 29.7 Å². The maximum Gasteiger partial charge on any atom is 0.243 e. The Balaban J connectivity index is 3.03. The van der Waals surface area contributed by atoms with Crippen molar-refractivity contribution in [1.82, 2.24) is 4.31 Å². The molecule has 112 valence electrons. The largest absolute Gasteiger partial charge is 0.409 e. The predicted molar refractivity (Wildman–Crippen MR) is 73.5 cm³/mol. The summed E-state index contributed by atoms with van der Waals surface area (Å²) < 4.78 is 39.0. The van der Waals surface area contributed by atoms with Crippen molar-refractivity contribution in [3.8, 4) is 0 Å². The fraction of sp³-hybridized carbons (Fsp3) is 0.417. The van der Waals surface area contributed by atoms with Gasteiger partial charge < -0.3 is 10.9 Å². The highest BCUT2D eigenvalue weighted by Gasteiger charge is 2.26. The maximum atomic E-state index is 12.9. The Morgan fingerprint density at radius 1 is 1.40 bits per heavy atom. The highest BCUT2D eigenvalue weighted by atomic mass is 32.2. The molecule has 0 amide bonds. The fourth-order valence-corrected chi connectivity index (χ4v) is 3.31. The third-order valence-electron chi connectivity index (χ3n) is 2.71. The summed E-state index contributed by atoms with van der Waals surface area (Å²) >= 11 is 0. The van der Waals surface area contributed by atoms with E-state index in [1.54, 1.807) is 13.8 Å². The topological polar surface area (TPSA) is 96.0 Å². The Morgan fingerprint density at radius 3 is 2.40 bits per heavy atom. The van der Waals surface area contributed by atoms with Crippen molar-refractivity contribution in [2.24, 2.45) is 10.9 Å². The van der Waals surface area contributed by atoms with Gasteiger partial charge in [0.2, 0.25) is 10.0 Å². The second-order valence-electron chi connectivity index (χ2n) is 4.50. The smallest absolute Gasteiger partial charge is 0.243 e. The Labute approximate surface area is 117 Å². The molecule has 20 heavy (non-hydrogen) atoms. The summed E-state index contributed by atoms with van der Waals surface area (Å²) in [5, 5.41) is 11.3. The van der Waals surface area contributed by atoms with Gasteiger partial charge in [-0.05, 0) is 38.1 Å². The number of nitrogens with zero attached hydrogens (tertiary/aromatic N) is 2. The summed E-state index contributed by atoms with van der Waals surface area (Å²) in [6.45, 7) is 3.51. The minimum atomic E-state index is -3.75. The molecule has 1 rings (SSSR count). The first-order valence-corrected chi connectivity index (χ1v) is 7.47. The number of sulfonamides is 1. The van der Waals surface area contributed by atoms with Gasteiger partial charge in [0.1, 0.15) is 11.7 Å². The van der Waals surface area contributed by atoms with Crippen LogP contribution in [-0.2, 0) is 10.0 Å². The molecule has 0 radical (unpaired) electrons. The summed E-state index contributed by atoms with van der Waals surface area (Å²) in [4.78, 5) is 0.00658. The van der Waals surface area contributed by atoms with Crippen molar-refractivity contribution in [2.75, 3.05) is 6.54 Å². The van der Waals surface area contributed by atoms with E-state index in [0.29, 0.717) is 0 Å². The monoisotopic (exact) mass is 303 g/mol. The molecule has 0 saturated heterocycles. The molecule has 0 spiro atoms. The van der Waals surface area contributed by atoms with Gasteiger partial charge in [0.15, 0.2) is 0 Å². The van der Waals surface area contributed by atoms with Gasteiger partial charge >= 0.3 is 0 Å². The maximum absolute atomic E-state index is 12.9. The van der Waals surface area contributed by atoms with E-state index in [0.717, 1.165) is 12.1 Å². The molecule has 3 N–H and O–H groups in total. The van der Waals surface area contributed by atoms with Crippen LogP contribution in [0.5, 0.6) is 0 Å². The van der Waals surface area contributed by atoms with E-state index >= 15 is 0 Å². The highest BCUT2D eigenvalue weighted by molar-refractivity contribution is 7.89. The van der Waals surface area contributed by atoms with Crippen molar-refractivity contribution in [3.63, 3.8) is 0 Å². The Bertz CT molecular complexity index is 570. The Kier molecular flexibility index (Phi) is 5.46. The summed E-state index contributed by atoms with van der Waals surface area (Å²) in [7, 11) is -3.75. The number of oxime groups is 1. The average molecular weight is 303 g/mol. The van der Waals surface area contributed by atoms with Crippen molar-refractivity contribution in [1.29, 1.82) is 0 Å². The summed E-state index contributed by atoms with van der Waals surface area (Å²) in [6, 6.07) is 4.30. The minimum Gasteiger partial charge on any atom is -0.409 e. The standard InChI is InChI=1S/C12H18FN3O3S/c1-9(2)16(8-7-12(14)15-17)20(18,19)11-5-3-10(13)4-6-11/h3-6,9,17H,7-8H2,1-2H3,(H2,14,15). The van der Waals surface area contributed by atoms with Crippen LogP contribution in [0, 0.1) is 5.82 Å². The molecule has 1 aromatic rings. The molecule has 0 saturated carbocycles. The molecule has 0 heterocycles. The van der Waals surface area contributed by atoms with Gasteiger partial charge in [-0.3, -0.25) is 0 Å². The molecule has 0 aliphatic heterocycles. The van der Waals surface area contributed by atoms with Crippen molar-refractivity contribution >= 4 is 15.9 Å². The van der Waals surface area contributed by atoms with E-state index in [1.165, 1.54) is 16.4 Å². The number of nitrogens with two attached hydrogens (primary N) is 1. The zero-order valence-electron chi connectivity index (χ0n) is 11.3. The number of halogens is 1. The lowest BCUT2D eigenvalue weighted by molar-refractivity contribution is 0.313. The lowest BCUT2D eigenvalue weighted by Gasteiger charge is -2.25. The van der Waals surface area contributed by atoms with Crippen molar-refractivity contribution in [2.45, 2.75) is 31.2 Å². The molecule has 6 nitrogen and oxygen atoms in total. The van der Waals surface area contributed by atoms with Crippen LogP contribution in [-0.4, -0.2) is 36.4 Å². The van der Waals surface area contributed by atoms with Crippen LogP contribution in [0.4, 0.5) is 4.39 Å². The van der Waals surface area contributed by atoms with Gasteiger partial charge in [-0.1, -0.05) is 5.16 Å². The van der Waals surface area contributed by atoms with E-state index in [4.69, 9.17) is 10.9 Å². The van der Waals surface area contributed by atoms with Gasteiger partial charge in [0.25, 0.3) is 0 Å². The first kappa shape index (κ1) is 16.4. The van der Waals surface area contributed by atoms with Gasteiger partial charge in [0, 0.05) is 19.0 Å². The Hall–Kier alpha value is -1.67. The predicted octanol–water partition coefficient (Wildman–Crippen LogP) is 1.36. The van der Waals surface area contributed by atoms with E-state index in [9.17, 15) is 12.8 Å². The second-order valence-corrected chi connectivity index (χ2v) is 6.40. The number of hydrogen-bond donors (Lipinski definition) is 2. The van der Waals surface area contributed by atoms with Crippen LogP contribution in [0.3, 0.4) is 0 Å². The van der Waals surface area contributed by atoms with Crippen molar-refractivity contribution < 1.29 is 18.0 Å². The number of amidine groups is 1. The van der Waals surface area contributed by atoms with Gasteiger partial charge in [0.05, 0.1) is 4.90 Å². The minimum absolute atomic E-state index is 0.00658. The normalized spacial score (nSPS) is 13.2. The molecule has 0 fully saturated rings. The van der Waals surface area contributed by atoms with Crippen LogP contribution in [0.1, 0.15) is 20.3 Å². The zero-order valence-corrected chi connectivity index (χ0v) is 12.1. The molecule has 1 aromatic carbocycles. The molecule has 0 unspecified atom stereocenters. The highest BCUT2D eigenvalue weighted by Crippen LogP contribution is 2.18. The van der Waals surface area contributed by atoms with Crippen LogP contribution in [0.15, 0.2) is 34.3 Å². The molecular formula is C12H18FN3O3S. The van der Waals surface area contributed by atoms with Crippen LogP contribution in [0.25, 0.3) is 0 Å². The van der Waals surface area contributed by atoms with Gasteiger partial charge in [-0.2, -0.15) is 4.31 Å². The molecule has 8 heteroatoms. The number of rotatable bonds is 6. The second kappa shape index (κ2) is 6.67. The average Bonchev–Trinajstić information content (AvgIpc) is 2.38.